The first-order chi connectivity index (χ1) is 13.4. The summed E-state index contributed by atoms with van der Waals surface area (Å²) < 4.78 is 1.80. The number of aliphatic imine (C=N–C) groups is 1. The number of aliphatic hydroxyl groups is 1. The van der Waals surface area contributed by atoms with Gasteiger partial charge in [-0.15, -0.1) is 0 Å². The smallest absolute Gasteiger partial charge is 0.239 e. The van der Waals surface area contributed by atoms with Crippen molar-refractivity contribution < 1.29 is 5.11 Å². The Balaban J connectivity index is 1.85. The van der Waals surface area contributed by atoms with Crippen LogP contribution in [0.15, 0.2) is 66.1 Å². The Morgan fingerprint density at radius 2 is 2.04 bits per heavy atom. The van der Waals surface area contributed by atoms with Crippen LogP contribution in [0.5, 0.6) is 0 Å². The maximum absolute atomic E-state index is 10.5. The summed E-state index contributed by atoms with van der Waals surface area (Å²) in [5.74, 6) is 1.79. The quantitative estimate of drug-likeness (QED) is 0.332. The van der Waals surface area contributed by atoms with Gasteiger partial charge in [0.05, 0.1) is 6.10 Å². The fourth-order valence-corrected chi connectivity index (χ4v) is 2.68. The number of imidazole rings is 1. The number of hydrazine groups is 1. The number of hydrogen-bond acceptors (Lipinski definition) is 6. The Kier molecular flexibility index (Phi) is 5.90. The number of anilines is 1. The van der Waals surface area contributed by atoms with Crippen LogP contribution in [0.2, 0.25) is 0 Å². The van der Waals surface area contributed by atoms with Crippen molar-refractivity contribution in [1.82, 2.24) is 25.2 Å². The van der Waals surface area contributed by atoms with E-state index in [1.54, 1.807) is 10.6 Å². The maximum Gasteiger partial charge on any atom is 0.239 e. The Morgan fingerprint density at radius 1 is 1.29 bits per heavy atom. The largest absolute Gasteiger partial charge is 0.387 e. The molecular weight excluding hydrogens is 354 g/mol. The van der Waals surface area contributed by atoms with E-state index in [4.69, 9.17) is 0 Å². The normalized spacial score (nSPS) is 12.6. The molecule has 2 aromatic heterocycles. The molecule has 1 unspecified atom stereocenters. The van der Waals surface area contributed by atoms with Crippen molar-refractivity contribution in [2.75, 3.05) is 18.5 Å². The molecule has 0 fully saturated rings. The van der Waals surface area contributed by atoms with E-state index in [-0.39, 0.29) is 0 Å². The third-order valence-electron chi connectivity index (χ3n) is 4.10. The number of aliphatic hydroxyl groups excluding tert-OH is 1. The van der Waals surface area contributed by atoms with Gasteiger partial charge in [-0.05, 0) is 19.4 Å². The van der Waals surface area contributed by atoms with Crippen molar-refractivity contribution >= 4 is 23.2 Å². The summed E-state index contributed by atoms with van der Waals surface area (Å²) in [6.07, 6.45) is 2.88. The van der Waals surface area contributed by atoms with Gasteiger partial charge in [-0.25, -0.2) is 4.98 Å². The molecule has 1 aromatic carbocycles. The Hall–Kier alpha value is -3.39. The van der Waals surface area contributed by atoms with Crippen LogP contribution in [0.3, 0.4) is 0 Å². The fraction of sp³-hybridized carbons (Fsp3) is 0.250. The monoisotopic (exact) mass is 379 g/mol. The number of likely N-dealkylation sites (N-methyl/N-ethyl adjacent to an activating group) is 1. The van der Waals surface area contributed by atoms with Crippen molar-refractivity contribution in [3.63, 3.8) is 0 Å². The van der Waals surface area contributed by atoms with Gasteiger partial charge in [0.25, 0.3) is 0 Å². The third kappa shape index (κ3) is 4.66. The van der Waals surface area contributed by atoms with E-state index in [2.05, 4.69) is 32.4 Å². The van der Waals surface area contributed by atoms with E-state index >= 15 is 0 Å². The van der Waals surface area contributed by atoms with Crippen LogP contribution in [0.4, 0.5) is 11.8 Å². The summed E-state index contributed by atoms with van der Waals surface area (Å²) in [5, 5.41) is 10.5. The molecule has 0 aliphatic heterocycles. The number of benzene rings is 1. The van der Waals surface area contributed by atoms with E-state index in [0.717, 1.165) is 16.9 Å². The van der Waals surface area contributed by atoms with Crippen LogP contribution in [-0.2, 0) is 0 Å². The molecule has 1 atom stereocenters. The number of nitrogens with one attached hydrogen (secondary N) is 2. The molecule has 8 nitrogen and oxygen atoms in total. The number of rotatable bonds is 7. The van der Waals surface area contributed by atoms with Crippen molar-refractivity contribution in [3.05, 3.63) is 66.6 Å². The molecule has 0 bridgehead atoms. The number of aromatic nitrogens is 3. The van der Waals surface area contributed by atoms with Crippen LogP contribution < -0.4 is 15.8 Å². The third-order valence-corrected chi connectivity index (χ3v) is 4.10. The Morgan fingerprint density at radius 3 is 2.75 bits per heavy atom. The second-order valence-corrected chi connectivity index (χ2v) is 6.60. The van der Waals surface area contributed by atoms with Crippen molar-refractivity contribution in [1.29, 1.82) is 0 Å². The van der Waals surface area contributed by atoms with Gasteiger partial charge in [0.2, 0.25) is 5.95 Å². The minimum atomic E-state index is -0.626. The minimum absolute atomic E-state index is 0.394. The first-order valence-electron chi connectivity index (χ1n) is 8.95. The standard InChI is InChI=1S/C20H25N7O/c1-14(2)24-25-15(3)22-20-23-19(12-18-21-10-11-27(18)20)26(4)13-17(28)16-8-6-5-7-9-16/h5-12,17,24,28H,1,13H2,2-4H3,(H,22,23,25). The van der Waals surface area contributed by atoms with Gasteiger partial charge in [0, 0.05) is 37.7 Å². The zero-order valence-corrected chi connectivity index (χ0v) is 16.3. The summed E-state index contributed by atoms with van der Waals surface area (Å²) in [6, 6.07) is 11.4. The van der Waals surface area contributed by atoms with Crippen LogP contribution in [0.1, 0.15) is 25.5 Å². The summed E-state index contributed by atoms with van der Waals surface area (Å²) >= 11 is 0. The van der Waals surface area contributed by atoms with Crippen LogP contribution in [0, 0.1) is 0 Å². The number of nitrogens with zero attached hydrogens (tertiary/aromatic N) is 5. The van der Waals surface area contributed by atoms with Gasteiger partial charge in [-0.1, -0.05) is 36.9 Å². The van der Waals surface area contributed by atoms with Gasteiger partial charge < -0.3 is 15.4 Å². The topological polar surface area (TPSA) is 90.1 Å². The zero-order valence-electron chi connectivity index (χ0n) is 16.3. The summed E-state index contributed by atoms with van der Waals surface area (Å²) in [4.78, 5) is 15.4. The summed E-state index contributed by atoms with van der Waals surface area (Å²) in [6.45, 7) is 7.85. The highest BCUT2D eigenvalue weighted by molar-refractivity contribution is 5.81. The lowest BCUT2D eigenvalue weighted by molar-refractivity contribution is 0.185. The highest BCUT2D eigenvalue weighted by Crippen LogP contribution is 2.22. The van der Waals surface area contributed by atoms with E-state index in [9.17, 15) is 5.11 Å². The minimum Gasteiger partial charge on any atom is -0.387 e. The average Bonchev–Trinajstić information content (AvgIpc) is 3.16. The lowest BCUT2D eigenvalue weighted by Gasteiger charge is -2.22. The average molecular weight is 379 g/mol. The van der Waals surface area contributed by atoms with E-state index in [1.165, 1.54) is 0 Å². The van der Waals surface area contributed by atoms with E-state index < -0.39 is 6.10 Å². The van der Waals surface area contributed by atoms with Crippen LogP contribution >= 0.6 is 0 Å². The molecule has 0 saturated heterocycles. The first kappa shape index (κ1) is 19.4. The molecule has 3 N–H and O–H groups in total. The Labute approximate surface area is 164 Å². The number of fused-ring (bicyclic) bond motifs is 1. The highest BCUT2D eigenvalue weighted by atomic mass is 16.3. The van der Waals surface area contributed by atoms with Crippen LogP contribution in [-0.4, -0.2) is 38.9 Å². The highest BCUT2D eigenvalue weighted by Gasteiger charge is 2.14. The maximum atomic E-state index is 10.5. The van der Waals surface area contributed by atoms with Gasteiger partial charge >= 0.3 is 0 Å². The lowest BCUT2D eigenvalue weighted by Crippen LogP contribution is -2.34. The fourth-order valence-electron chi connectivity index (χ4n) is 2.68. The molecule has 146 valence electrons. The molecular formula is C20H25N7O. The van der Waals surface area contributed by atoms with Gasteiger partial charge in [0.15, 0.2) is 0 Å². The molecule has 2 heterocycles. The first-order valence-corrected chi connectivity index (χ1v) is 8.95. The molecule has 0 amide bonds. The summed E-state index contributed by atoms with van der Waals surface area (Å²) in [7, 11) is 1.88. The molecule has 3 rings (SSSR count). The van der Waals surface area contributed by atoms with Crippen LogP contribution in [0.25, 0.3) is 5.65 Å². The lowest BCUT2D eigenvalue weighted by atomic mass is 10.1. The molecule has 0 radical (unpaired) electrons. The molecule has 8 heteroatoms. The predicted octanol–water partition coefficient (Wildman–Crippen LogP) is 2.58. The van der Waals surface area contributed by atoms with E-state index in [0.29, 0.717) is 24.1 Å². The Bertz CT molecular complexity index is 981. The second-order valence-electron chi connectivity index (χ2n) is 6.60. The van der Waals surface area contributed by atoms with Gasteiger partial charge in [0.1, 0.15) is 17.3 Å². The van der Waals surface area contributed by atoms with Gasteiger partial charge in [-0.2, -0.15) is 9.98 Å². The molecule has 0 spiro atoms. The molecule has 0 aliphatic rings. The van der Waals surface area contributed by atoms with Crippen molar-refractivity contribution in [2.45, 2.75) is 20.0 Å². The molecule has 0 aliphatic carbocycles. The van der Waals surface area contributed by atoms with Gasteiger partial charge in [-0.3, -0.25) is 9.83 Å². The second kappa shape index (κ2) is 8.53. The number of allylic oxidation sites excluding steroid dienone is 1. The molecule has 3 aromatic rings. The molecule has 0 saturated carbocycles. The molecule has 28 heavy (non-hydrogen) atoms. The van der Waals surface area contributed by atoms with E-state index in [1.807, 2.05) is 68.4 Å². The number of hydrogen-bond donors (Lipinski definition) is 3. The van der Waals surface area contributed by atoms with Crippen molar-refractivity contribution in [3.8, 4) is 0 Å². The number of amidine groups is 1. The summed E-state index contributed by atoms with van der Waals surface area (Å²) in [5.41, 5.74) is 8.25. The predicted molar refractivity (Wildman–Crippen MR) is 112 cm³/mol. The zero-order chi connectivity index (χ0) is 20.1. The van der Waals surface area contributed by atoms with Crippen molar-refractivity contribution in [2.24, 2.45) is 4.99 Å². The SMILES string of the molecule is C=C(C)NN/C(C)=N/c1nc(N(C)CC(O)c2ccccc2)cc2nccn12.